The van der Waals surface area contributed by atoms with Crippen molar-refractivity contribution >= 4 is 24.0 Å². The number of amides is 1. The number of hydrogen-bond acceptors (Lipinski definition) is 9. The van der Waals surface area contributed by atoms with E-state index in [4.69, 9.17) is 18.9 Å². The maximum Gasteiger partial charge on any atom is 0.428 e. The van der Waals surface area contributed by atoms with Gasteiger partial charge in [0.2, 0.25) is 0 Å². The fraction of sp³-hybridized carbons (Fsp3) is 0.500. The summed E-state index contributed by atoms with van der Waals surface area (Å²) in [5, 5.41) is 6.98. The highest BCUT2D eigenvalue weighted by atomic mass is 19.1. The summed E-state index contributed by atoms with van der Waals surface area (Å²) in [4.78, 5) is 27.0. The topological polar surface area (TPSA) is 111 Å². The van der Waals surface area contributed by atoms with Gasteiger partial charge in [-0.15, -0.1) is 0 Å². The number of anilines is 1. The molecule has 2 aromatic rings. The first-order valence-electron chi connectivity index (χ1n) is 13.9. The van der Waals surface area contributed by atoms with Gasteiger partial charge in [0.25, 0.3) is 0 Å². The second-order valence-electron chi connectivity index (χ2n) is 10.7. The Morgan fingerprint density at radius 1 is 1.12 bits per heavy atom. The lowest BCUT2D eigenvalue weighted by molar-refractivity contribution is -0.144. The molecule has 2 aromatic carbocycles. The standard InChI is InChI=1S/C30H41FN4O6/c1-7-38-23-17-24(26(31)25(18-23)40-22-13-15-35(6)16-14-22)27(28(36)39-8-2)33-21-11-9-20(10-12-21)19-32-34-29(37)41-30(3,4)5/h9-12,17-19,22,27,33H,7-8,13-16H2,1-6H3,(H,34,37). The molecule has 0 radical (unpaired) electrons. The minimum absolute atomic E-state index is 0.0423. The number of carbonyl (C=O) groups excluding carboxylic acids is 2. The molecule has 3 rings (SSSR count). The molecule has 224 valence electrons. The number of benzene rings is 2. The summed E-state index contributed by atoms with van der Waals surface area (Å²) in [6.07, 6.45) is 2.19. The largest absolute Gasteiger partial charge is 0.494 e. The zero-order chi connectivity index (χ0) is 30.0. The average Bonchev–Trinajstić information content (AvgIpc) is 2.90. The van der Waals surface area contributed by atoms with Gasteiger partial charge < -0.3 is 29.2 Å². The highest BCUT2D eigenvalue weighted by Crippen LogP contribution is 2.35. The first kappa shape index (κ1) is 31.7. The summed E-state index contributed by atoms with van der Waals surface area (Å²) < 4.78 is 38.2. The predicted octanol–water partition coefficient (Wildman–Crippen LogP) is 5.27. The Bertz CT molecular complexity index is 1190. The Labute approximate surface area is 241 Å². The number of likely N-dealkylation sites (tertiary alicyclic amines) is 1. The molecule has 0 bridgehead atoms. The van der Waals surface area contributed by atoms with Crippen LogP contribution in [0.2, 0.25) is 0 Å². The molecule has 0 spiro atoms. The van der Waals surface area contributed by atoms with Gasteiger partial charge in [-0.25, -0.2) is 19.4 Å². The van der Waals surface area contributed by atoms with E-state index in [9.17, 15) is 9.59 Å². The molecule has 1 fully saturated rings. The van der Waals surface area contributed by atoms with Crippen LogP contribution in [0.1, 0.15) is 64.6 Å². The van der Waals surface area contributed by atoms with Gasteiger partial charge in [-0.1, -0.05) is 12.1 Å². The number of halogens is 1. The highest BCUT2D eigenvalue weighted by Gasteiger charge is 2.29. The molecule has 0 saturated carbocycles. The molecule has 1 amide bonds. The monoisotopic (exact) mass is 572 g/mol. The average molecular weight is 573 g/mol. The van der Waals surface area contributed by atoms with Crippen LogP contribution in [0.25, 0.3) is 0 Å². The first-order valence-corrected chi connectivity index (χ1v) is 13.9. The first-order chi connectivity index (χ1) is 19.5. The Morgan fingerprint density at radius 2 is 1.80 bits per heavy atom. The minimum Gasteiger partial charge on any atom is -0.494 e. The van der Waals surface area contributed by atoms with Gasteiger partial charge >= 0.3 is 12.1 Å². The normalized spacial score (nSPS) is 15.3. The molecule has 0 aromatic heterocycles. The van der Waals surface area contributed by atoms with E-state index in [1.807, 2.05) is 14.0 Å². The molecule has 41 heavy (non-hydrogen) atoms. The van der Waals surface area contributed by atoms with Crippen molar-refractivity contribution in [3.63, 3.8) is 0 Å². The van der Waals surface area contributed by atoms with Crippen molar-refractivity contribution < 1.29 is 32.9 Å². The van der Waals surface area contributed by atoms with Gasteiger partial charge in [0.1, 0.15) is 17.5 Å². The Kier molecular flexibility index (Phi) is 11.3. The SMILES string of the molecule is CCOC(=O)C(Nc1ccc(C=NNC(=O)OC(C)(C)C)cc1)c1cc(OCC)cc(OC2CCN(C)CC2)c1F. The second kappa shape index (κ2) is 14.7. The Hall–Kier alpha value is -3.86. The van der Waals surface area contributed by atoms with Crippen LogP contribution >= 0.6 is 0 Å². The van der Waals surface area contributed by atoms with Crippen molar-refractivity contribution in [2.75, 3.05) is 38.7 Å². The number of nitrogens with one attached hydrogen (secondary N) is 2. The molecular formula is C30H41FN4O6. The van der Waals surface area contributed by atoms with Gasteiger partial charge in [-0.3, -0.25) is 0 Å². The predicted molar refractivity (Wildman–Crippen MR) is 155 cm³/mol. The summed E-state index contributed by atoms with van der Waals surface area (Å²) in [6.45, 7) is 11.0. The van der Waals surface area contributed by atoms with E-state index in [0.29, 0.717) is 23.6 Å². The molecular weight excluding hydrogens is 531 g/mol. The third-order valence-electron chi connectivity index (χ3n) is 6.13. The van der Waals surface area contributed by atoms with Crippen LogP contribution in [0, 0.1) is 5.82 Å². The lowest BCUT2D eigenvalue weighted by Gasteiger charge is -2.30. The number of piperidine rings is 1. The van der Waals surface area contributed by atoms with Gasteiger partial charge in [0.15, 0.2) is 17.6 Å². The fourth-order valence-electron chi connectivity index (χ4n) is 4.20. The van der Waals surface area contributed by atoms with Gasteiger partial charge in [0.05, 0.1) is 19.4 Å². The number of carbonyl (C=O) groups is 2. The fourth-order valence-corrected chi connectivity index (χ4v) is 4.20. The highest BCUT2D eigenvalue weighted by molar-refractivity contribution is 5.83. The molecule has 1 saturated heterocycles. The molecule has 1 unspecified atom stereocenters. The quantitative estimate of drug-likeness (QED) is 0.213. The van der Waals surface area contributed by atoms with E-state index in [2.05, 4.69) is 20.7 Å². The lowest BCUT2D eigenvalue weighted by Crippen LogP contribution is -2.36. The van der Waals surface area contributed by atoms with Crippen LogP contribution in [-0.4, -0.2) is 68.2 Å². The Morgan fingerprint density at radius 3 is 2.41 bits per heavy atom. The number of hydrazone groups is 1. The molecule has 11 heteroatoms. The van der Waals surface area contributed by atoms with Crippen molar-refractivity contribution in [1.82, 2.24) is 10.3 Å². The van der Waals surface area contributed by atoms with E-state index in [0.717, 1.165) is 25.9 Å². The zero-order valence-electron chi connectivity index (χ0n) is 24.7. The van der Waals surface area contributed by atoms with Crippen LogP contribution in [0.5, 0.6) is 11.5 Å². The maximum atomic E-state index is 15.9. The number of ether oxygens (including phenoxy) is 4. The van der Waals surface area contributed by atoms with E-state index in [1.54, 1.807) is 52.0 Å². The molecule has 10 nitrogen and oxygen atoms in total. The number of rotatable bonds is 11. The summed E-state index contributed by atoms with van der Waals surface area (Å²) in [5.41, 5.74) is 2.95. The van der Waals surface area contributed by atoms with Crippen LogP contribution in [0.4, 0.5) is 14.9 Å². The molecule has 1 heterocycles. The van der Waals surface area contributed by atoms with Crippen molar-refractivity contribution in [3.05, 3.63) is 53.3 Å². The molecule has 0 aliphatic carbocycles. The second-order valence-corrected chi connectivity index (χ2v) is 10.7. The number of nitrogens with zero attached hydrogens (tertiary/aromatic N) is 2. The third-order valence-corrected chi connectivity index (χ3v) is 6.13. The maximum absolute atomic E-state index is 15.9. The third kappa shape index (κ3) is 9.93. The van der Waals surface area contributed by atoms with Gasteiger partial charge in [-0.05, 0) is 78.3 Å². The smallest absolute Gasteiger partial charge is 0.428 e. The molecule has 1 aliphatic heterocycles. The van der Waals surface area contributed by atoms with Crippen molar-refractivity contribution in [2.45, 2.75) is 65.2 Å². The Balaban J connectivity index is 1.82. The van der Waals surface area contributed by atoms with Crippen LogP contribution in [-0.2, 0) is 14.3 Å². The van der Waals surface area contributed by atoms with Gasteiger partial charge in [0, 0.05) is 30.4 Å². The summed E-state index contributed by atoms with van der Waals surface area (Å²) >= 11 is 0. The summed E-state index contributed by atoms with van der Waals surface area (Å²) in [7, 11) is 2.04. The van der Waals surface area contributed by atoms with Crippen molar-refractivity contribution in [2.24, 2.45) is 5.10 Å². The lowest BCUT2D eigenvalue weighted by atomic mass is 10.0. The molecule has 1 atom stereocenters. The summed E-state index contributed by atoms with van der Waals surface area (Å²) in [6, 6.07) is 8.74. The van der Waals surface area contributed by atoms with Crippen molar-refractivity contribution in [1.29, 1.82) is 0 Å². The molecule has 1 aliphatic rings. The minimum atomic E-state index is -1.16. The van der Waals surface area contributed by atoms with Crippen LogP contribution < -0.4 is 20.2 Å². The van der Waals surface area contributed by atoms with Crippen LogP contribution in [0.3, 0.4) is 0 Å². The van der Waals surface area contributed by atoms with E-state index in [1.165, 1.54) is 18.3 Å². The zero-order valence-corrected chi connectivity index (χ0v) is 24.7. The van der Waals surface area contributed by atoms with E-state index in [-0.39, 0.29) is 24.0 Å². The van der Waals surface area contributed by atoms with E-state index >= 15 is 4.39 Å². The molecule has 2 N–H and O–H groups in total. The number of esters is 1. The number of hydrogen-bond donors (Lipinski definition) is 2. The van der Waals surface area contributed by atoms with E-state index < -0.39 is 29.5 Å². The van der Waals surface area contributed by atoms with Crippen molar-refractivity contribution in [3.8, 4) is 11.5 Å². The summed E-state index contributed by atoms with van der Waals surface area (Å²) in [5.74, 6) is -0.847. The van der Waals surface area contributed by atoms with Gasteiger partial charge in [-0.2, -0.15) is 5.10 Å². The van der Waals surface area contributed by atoms with Crippen LogP contribution in [0.15, 0.2) is 41.5 Å².